The van der Waals surface area contributed by atoms with Gasteiger partial charge in [0.2, 0.25) is 0 Å². The summed E-state index contributed by atoms with van der Waals surface area (Å²) in [7, 11) is 0. The van der Waals surface area contributed by atoms with E-state index in [2.05, 4.69) is 29.4 Å². The van der Waals surface area contributed by atoms with E-state index in [9.17, 15) is 0 Å². The molecule has 2 heteroatoms. The van der Waals surface area contributed by atoms with Crippen molar-refractivity contribution in [2.45, 2.75) is 26.2 Å². The molecule has 15 heavy (non-hydrogen) atoms. The lowest BCUT2D eigenvalue weighted by Gasteiger charge is -2.19. The van der Waals surface area contributed by atoms with Crippen molar-refractivity contribution >= 4 is 5.69 Å². The van der Waals surface area contributed by atoms with Gasteiger partial charge in [0.25, 0.3) is 0 Å². The summed E-state index contributed by atoms with van der Waals surface area (Å²) in [5.74, 6) is 0.787. The smallest absolute Gasteiger partial charge is 0.0556 e. The molecule has 0 radical (unpaired) electrons. The van der Waals surface area contributed by atoms with Gasteiger partial charge in [0, 0.05) is 12.7 Å². The van der Waals surface area contributed by atoms with E-state index < -0.39 is 0 Å². The summed E-state index contributed by atoms with van der Waals surface area (Å²) in [6.45, 7) is 3.18. The summed E-state index contributed by atoms with van der Waals surface area (Å²) in [5, 5.41) is 3.49. The van der Waals surface area contributed by atoms with Gasteiger partial charge in [-0.2, -0.15) is 0 Å². The molecule has 0 fully saturated rings. The van der Waals surface area contributed by atoms with Crippen molar-refractivity contribution in [2.75, 3.05) is 11.9 Å². The highest BCUT2D eigenvalue weighted by atomic mass is 14.9. The van der Waals surface area contributed by atoms with Crippen LogP contribution in [-0.4, -0.2) is 11.5 Å². The van der Waals surface area contributed by atoms with E-state index in [0.29, 0.717) is 0 Å². The fraction of sp³-hybridized carbons (Fsp3) is 0.462. The average Bonchev–Trinajstić information content (AvgIpc) is 2.29. The summed E-state index contributed by atoms with van der Waals surface area (Å²) >= 11 is 0. The number of hydrogen-bond acceptors (Lipinski definition) is 2. The molecule has 1 aromatic heterocycles. The molecule has 0 aromatic carbocycles. The van der Waals surface area contributed by atoms with Crippen molar-refractivity contribution < 1.29 is 0 Å². The summed E-state index contributed by atoms with van der Waals surface area (Å²) < 4.78 is 0. The maximum Gasteiger partial charge on any atom is 0.0556 e. The predicted octanol–water partition coefficient (Wildman–Crippen LogP) is 3.16. The Hall–Kier alpha value is -1.31. The molecule has 0 spiro atoms. The lowest BCUT2D eigenvalue weighted by molar-refractivity contribution is 0.504. The number of anilines is 1. The number of aryl methyl sites for hydroxylation is 1. The van der Waals surface area contributed by atoms with Crippen LogP contribution in [0.3, 0.4) is 0 Å². The SMILES string of the molecule is Cc1ccncc1NC[C@H]1CC=CCC1. The number of allylic oxidation sites excluding steroid dienone is 2. The molecule has 0 unspecified atom stereocenters. The molecule has 1 aliphatic rings. The minimum atomic E-state index is 0.787. The second-order valence-electron chi connectivity index (χ2n) is 4.22. The molecule has 2 nitrogen and oxygen atoms in total. The summed E-state index contributed by atoms with van der Waals surface area (Å²) in [4.78, 5) is 4.13. The molecule has 1 heterocycles. The monoisotopic (exact) mass is 202 g/mol. The normalized spacial score (nSPS) is 20.2. The molecular formula is C13H18N2. The highest BCUT2D eigenvalue weighted by molar-refractivity contribution is 5.47. The van der Waals surface area contributed by atoms with Crippen LogP contribution in [0.4, 0.5) is 5.69 Å². The molecule has 0 saturated heterocycles. The van der Waals surface area contributed by atoms with Gasteiger partial charge >= 0.3 is 0 Å². The molecule has 0 amide bonds. The van der Waals surface area contributed by atoms with E-state index in [-0.39, 0.29) is 0 Å². The Balaban J connectivity index is 1.87. The van der Waals surface area contributed by atoms with Crippen LogP contribution in [-0.2, 0) is 0 Å². The van der Waals surface area contributed by atoms with Crippen molar-refractivity contribution in [3.05, 3.63) is 36.2 Å². The largest absolute Gasteiger partial charge is 0.383 e. The minimum absolute atomic E-state index is 0.787. The van der Waals surface area contributed by atoms with E-state index in [1.807, 2.05) is 18.5 Å². The third kappa shape index (κ3) is 2.82. The van der Waals surface area contributed by atoms with E-state index in [1.165, 1.54) is 30.5 Å². The Kier molecular flexibility index (Phi) is 3.38. The first-order valence-corrected chi connectivity index (χ1v) is 5.66. The van der Waals surface area contributed by atoms with Gasteiger partial charge in [0.15, 0.2) is 0 Å². The first kappa shape index (κ1) is 10.2. The summed E-state index contributed by atoms with van der Waals surface area (Å²) in [5.41, 5.74) is 2.45. The number of aromatic nitrogens is 1. The van der Waals surface area contributed by atoms with E-state index in [1.54, 1.807) is 0 Å². The third-order valence-electron chi connectivity index (χ3n) is 3.00. The van der Waals surface area contributed by atoms with Crippen LogP contribution in [0, 0.1) is 12.8 Å². The lowest BCUT2D eigenvalue weighted by Crippen LogP contribution is -2.15. The standard InChI is InChI=1S/C13H18N2/c1-11-7-8-14-10-13(11)15-9-12-5-3-2-4-6-12/h2-3,7-8,10,12,15H,4-6,9H2,1H3/t12-/m0/s1. The van der Waals surface area contributed by atoms with Crippen LogP contribution < -0.4 is 5.32 Å². The highest BCUT2D eigenvalue weighted by Crippen LogP contribution is 2.19. The van der Waals surface area contributed by atoms with Crippen LogP contribution >= 0.6 is 0 Å². The zero-order valence-corrected chi connectivity index (χ0v) is 9.24. The maximum atomic E-state index is 4.13. The van der Waals surface area contributed by atoms with Gasteiger partial charge in [-0.15, -0.1) is 0 Å². The lowest BCUT2D eigenvalue weighted by atomic mass is 9.94. The molecule has 1 N–H and O–H groups in total. The number of nitrogens with one attached hydrogen (secondary N) is 1. The van der Waals surface area contributed by atoms with Crippen LogP contribution in [0.1, 0.15) is 24.8 Å². The van der Waals surface area contributed by atoms with E-state index in [0.717, 1.165) is 12.5 Å². The Morgan fingerprint density at radius 1 is 1.47 bits per heavy atom. The summed E-state index contributed by atoms with van der Waals surface area (Å²) in [6, 6.07) is 2.04. The Bertz CT molecular complexity index is 344. The van der Waals surface area contributed by atoms with Crippen molar-refractivity contribution in [3.63, 3.8) is 0 Å². The van der Waals surface area contributed by atoms with Crippen LogP contribution in [0.5, 0.6) is 0 Å². The molecule has 1 aliphatic carbocycles. The van der Waals surface area contributed by atoms with Gasteiger partial charge in [-0.3, -0.25) is 4.98 Å². The molecule has 0 aliphatic heterocycles. The Labute approximate surface area is 91.4 Å². The van der Waals surface area contributed by atoms with Crippen LogP contribution in [0.15, 0.2) is 30.6 Å². The van der Waals surface area contributed by atoms with Crippen molar-refractivity contribution in [1.82, 2.24) is 4.98 Å². The number of hydrogen-bond donors (Lipinski definition) is 1. The van der Waals surface area contributed by atoms with Crippen LogP contribution in [0.2, 0.25) is 0 Å². The fourth-order valence-electron chi connectivity index (χ4n) is 1.95. The molecule has 1 atom stereocenters. The molecule has 1 aromatic rings. The second kappa shape index (κ2) is 4.96. The van der Waals surface area contributed by atoms with Gasteiger partial charge in [0.05, 0.1) is 11.9 Å². The minimum Gasteiger partial charge on any atom is -0.383 e. The number of nitrogens with zero attached hydrogens (tertiary/aromatic N) is 1. The molecular weight excluding hydrogens is 184 g/mol. The van der Waals surface area contributed by atoms with Gasteiger partial charge < -0.3 is 5.32 Å². The Morgan fingerprint density at radius 2 is 2.40 bits per heavy atom. The number of pyridine rings is 1. The highest BCUT2D eigenvalue weighted by Gasteiger charge is 2.09. The van der Waals surface area contributed by atoms with E-state index >= 15 is 0 Å². The Morgan fingerprint density at radius 3 is 3.13 bits per heavy atom. The first-order chi connectivity index (χ1) is 7.36. The maximum absolute atomic E-state index is 4.13. The topological polar surface area (TPSA) is 24.9 Å². The molecule has 80 valence electrons. The van der Waals surface area contributed by atoms with E-state index in [4.69, 9.17) is 0 Å². The summed E-state index contributed by atoms with van der Waals surface area (Å²) in [6.07, 6.45) is 12.1. The number of rotatable bonds is 3. The van der Waals surface area contributed by atoms with Crippen LogP contribution in [0.25, 0.3) is 0 Å². The second-order valence-corrected chi connectivity index (χ2v) is 4.22. The van der Waals surface area contributed by atoms with Gasteiger partial charge in [-0.25, -0.2) is 0 Å². The van der Waals surface area contributed by atoms with Crippen molar-refractivity contribution in [2.24, 2.45) is 5.92 Å². The molecule has 0 bridgehead atoms. The zero-order chi connectivity index (χ0) is 10.5. The van der Waals surface area contributed by atoms with Gasteiger partial charge in [0.1, 0.15) is 0 Å². The van der Waals surface area contributed by atoms with Gasteiger partial charge in [-0.1, -0.05) is 12.2 Å². The van der Waals surface area contributed by atoms with Gasteiger partial charge in [-0.05, 0) is 43.7 Å². The zero-order valence-electron chi connectivity index (χ0n) is 9.24. The first-order valence-electron chi connectivity index (χ1n) is 5.66. The average molecular weight is 202 g/mol. The predicted molar refractivity (Wildman–Crippen MR) is 63.9 cm³/mol. The molecule has 2 rings (SSSR count). The van der Waals surface area contributed by atoms with Crippen molar-refractivity contribution in [3.8, 4) is 0 Å². The quantitative estimate of drug-likeness (QED) is 0.761. The van der Waals surface area contributed by atoms with Crippen molar-refractivity contribution in [1.29, 1.82) is 0 Å². The fourth-order valence-corrected chi connectivity index (χ4v) is 1.95. The molecule has 0 saturated carbocycles. The third-order valence-corrected chi connectivity index (χ3v) is 3.00.